The number of rotatable bonds is 5. The fourth-order valence-electron chi connectivity index (χ4n) is 2.64. The van der Waals surface area contributed by atoms with Crippen LogP contribution >= 0.6 is 11.6 Å². The number of nitrogens with zero attached hydrogens (tertiary/aromatic N) is 3. The summed E-state index contributed by atoms with van der Waals surface area (Å²) in [7, 11) is 0. The summed E-state index contributed by atoms with van der Waals surface area (Å²) in [6, 6.07) is 5.91. The van der Waals surface area contributed by atoms with Gasteiger partial charge in [-0.15, -0.1) is 0 Å². The number of carboxylic acid groups (broad SMARTS) is 1. The van der Waals surface area contributed by atoms with Crippen LogP contribution in [0.5, 0.6) is 5.88 Å². The van der Waals surface area contributed by atoms with E-state index in [0.29, 0.717) is 11.4 Å². The molecule has 1 aromatic carbocycles. The fraction of sp³-hybridized carbons (Fsp3) is 0.389. The van der Waals surface area contributed by atoms with E-state index in [4.69, 9.17) is 16.3 Å². The van der Waals surface area contributed by atoms with Gasteiger partial charge in [0.1, 0.15) is 11.6 Å². The van der Waals surface area contributed by atoms with E-state index in [1.54, 1.807) is 12.1 Å². The first kappa shape index (κ1) is 18.4. The molecule has 3 rings (SSSR count). The minimum atomic E-state index is -1.46. The van der Waals surface area contributed by atoms with Gasteiger partial charge in [-0.2, -0.15) is 4.98 Å². The molecule has 2 aromatic rings. The van der Waals surface area contributed by atoms with Crippen molar-refractivity contribution in [3.8, 4) is 17.3 Å². The van der Waals surface area contributed by atoms with E-state index in [1.807, 2.05) is 0 Å². The van der Waals surface area contributed by atoms with Gasteiger partial charge in [0.05, 0.1) is 5.02 Å². The van der Waals surface area contributed by atoms with Gasteiger partial charge in [0, 0.05) is 24.7 Å². The molecule has 1 N–H and O–H groups in total. The van der Waals surface area contributed by atoms with E-state index < -0.39 is 17.4 Å². The highest BCUT2D eigenvalue weighted by molar-refractivity contribution is 6.30. The maximum Gasteiger partial charge on any atom is 0.347 e. The molecule has 1 saturated heterocycles. The average Bonchev–Trinajstić information content (AvgIpc) is 3.11. The van der Waals surface area contributed by atoms with Crippen LogP contribution in [0.4, 0.5) is 10.2 Å². The second kappa shape index (κ2) is 7.07. The first-order valence-corrected chi connectivity index (χ1v) is 8.66. The Hall–Kier alpha value is -2.41. The summed E-state index contributed by atoms with van der Waals surface area (Å²) in [6.45, 7) is 4.56. The van der Waals surface area contributed by atoms with Crippen LogP contribution in [-0.2, 0) is 4.79 Å². The van der Waals surface area contributed by atoms with E-state index in [-0.39, 0.29) is 16.7 Å². The van der Waals surface area contributed by atoms with Crippen molar-refractivity contribution in [2.75, 3.05) is 18.0 Å². The van der Waals surface area contributed by atoms with E-state index >= 15 is 0 Å². The standard InChI is InChI=1S/C18H19ClFN3O3/c1-18(2,17(24)25)26-15-10-14(23-7-3-4-8-23)21-16(22-15)11-5-6-12(19)13(20)9-11/h5-6,9-10H,3-4,7-8H2,1-2H3,(H,24,25). The van der Waals surface area contributed by atoms with E-state index in [1.165, 1.54) is 26.0 Å². The van der Waals surface area contributed by atoms with Crippen molar-refractivity contribution < 1.29 is 19.0 Å². The molecule has 0 saturated carbocycles. The van der Waals surface area contributed by atoms with Crippen molar-refractivity contribution in [2.24, 2.45) is 0 Å². The molecule has 0 radical (unpaired) electrons. The van der Waals surface area contributed by atoms with E-state index in [2.05, 4.69) is 14.9 Å². The highest BCUT2D eigenvalue weighted by Gasteiger charge is 2.31. The van der Waals surface area contributed by atoms with Crippen molar-refractivity contribution in [3.05, 3.63) is 35.1 Å². The average molecular weight is 380 g/mol. The number of anilines is 1. The summed E-state index contributed by atoms with van der Waals surface area (Å²) in [5.74, 6) is -0.689. The molecule has 26 heavy (non-hydrogen) atoms. The quantitative estimate of drug-likeness (QED) is 0.852. The molecule has 2 heterocycles. The highest BCUT2D eigenvalue weighted by atomic mass is 35.5. The molecule has 1 aliphatic heterocycles. The molecule has 8 heteroatoms. The van der Waals surface area contributed by atoms with Crippen LogP contribution in [0.2, 0.25) is 5.02 Å². The van der Waals surface area contributed by atoms with Gasteiger partial charge in [-0.1, -0.05) is 11.6 Å². The summed E-state index contributed by atoms with van der Waals surface area (Å²) in [4.78, 5) is 22.2. The summed E-state index contributed by atoms with van der Waals surface area (Å²) in [5, 5.41) is 9.30. The lowest BCUT2D eigenvalue weighted by Gasteiger charge is -2.23. The maximum absolute atomic E-state index is 13.8. The van der Waals surface area contributed by atoms with Gasteiger partial charge in [-0.05, 0) is 44.9 Å². The molecule has 0 atom stereocenters. The lowest BCUT2D eigenvalue weighted by molar-refractivity contribution is -0.152. The molecular weight excluding hydrogens is 361 g/mol. The number of hydrogen-bond donors (Lipinski definition) is 1. The Labute approximate surface area is 155 Å². The third-order valence-corrected chi connectivity index (χ3v) is 4.48. The Morgan fingerprint density at radius 3 is 2.58 bits per heavy atom. The Kier molecular flexibility index (Phi) is 5.00. The summed E-state index contributed by atoms with van der Waals surface area (Å²) >= 11 is 5.74. The Bertz CT molecular complexity index is 838. The lowest BCUT2D eigenvalue weighted by Crippen LogP contribution is -2.38. The molecule has 138 valence electrons. The summed E-state index contributed by atoms with van der Waals surface area (Å²) in [6.07, 6.45) is 2.09. The van der Waals surface area contributed by atoms with Gasteiger partial charge in [-0.3, -0.25) is 0 Å². The van der Waals surface area contributed by atoms with Crippen LogP contribution in [-0.4, -0.2) is 39.7 Å². The number of aliphatic carboxylic acids is 1. The fourth-order valence-corrected chi connectivity index (χ4v) is 2.76. The van der Waals surface area contributed by atoms with Crippen LogP contribution < -0.4 is 9.64 Å². The van der Waals surface area contributed by atoms with Crippen molar-refractivity contribution in [3.63, 3.8) is 0 Å². The van der Waals surface area contributed by atoms with Crippen LogP contribution in [0.3, 0.4) is 0 Å². The molecule has 0 unspecified atom stereocenters. The highest BCUT2D eigenvalue weighted by Crippen LogP contribution is 2.29. The van der Waals surface area contributed by atoms with E-state index in [9.17, 15) is 14.3 Å². The number of hydrogen-bond acceptors (Lipinski definition) is 5. The molecule has 0 bridgehead atoms. The van der Waals surface area contributed by atoms with Crippen LogP contribution in [0, 0.1) is 5.82 Å². The number of aromatic nitrogens is 2. The van der Waals surface area contributed by atoms with Crippen LogP contribution in [0.25, 0.3) is 11.4 Å². The molecular formula is C18H19ClFN3O3. The zero-order valence-electron chi connectivity index (χ0n) is 14.5. The molecule has 0 aliphatic carbocycles. The van der Waals surface area contributed by atoms with Crippen LogP contribution in [0.15, 0.2) is 24.3 Å². The Morgan fingerprint density at radius 1 is 1.27 bits per heavy atom. The second-order valence-corrected chi connectivity index (χ2v) is 7.04. The first-order chi connectivity index (χ1) is 12.3. The Balaban J connectivity index is 2.05. The normalized spacial score (nSPS) is 14.5. The first-order valence-electron chi connectivity index (χ1n) is 8.28. The largest absolute Gasteiger partial charge is 0.478 e. The molecule has 1 fully saturated rings. The van der Waals surface area contributed by atoms with Gasteiger partial charge in [0.15, 0.2) is 5.82 Å². The zero-order valence-corrected chi connectivity index (χ0v) is 15.3. The smallest absolute Gasteiger partial charge is 0.347 e. The number of halogens is 2. The SMILES string of the molecule is CC(C)(Oc1cc(N2CCCC2)nc(-c2ccc(Cl)c(F)c2)n1)C(=O)O. The summed E-state index contributed by atoms with van der Waals surface area (Å²) in [5.41, 5.74) is -1.02. The third kappa shape index (κ3) is 3.88. The molecule has 1 aromatic heterocycles. The molecule has 1 aliphatic rings. The number of carbonyl (C=O) groups is 1. The van der Waals surface area contributed by atoms with Crippen LogP contribution in [0.1, 0.15) is 26.7 Å². The minimum Gasteiger partial charge on any atom is -0.478 e. The van der Waals surface area contributed by atoms with Crippen molar-refractivity contribution in [2.45, 2.75) is 32.3 Å². The van der Waals surface area contributed by atoms with Gasteiger partial charge >= 0.3 is 5.97 Å². The maximum atomic E-state index is 13.8. The van der Waals surface area contributed by atoms with Gasteiger partial charge in [-0.25, -0.2) is 14.2 Å². The predicted molar refractivity (Wildman–Crippen MR) is 96.2 cm³/mol. The van der Waals surface area contributed by atoms with Gasteiger partial charge in [0.25, 0.3) is 0 Å². The van der Waals surface area contributed by atoms with Gasteiger partial charge < -0.3 is 14.7 Å². The summed E-state index contributed by atoms with van der Waals surface area (Å²) < 4.78 is 19.4. The van der Waals surface area contributed by atoms with Gasteiger partial charge in [0.2, 0.25) is 11.5 Å². The molecule has 0 spiro atoms. The number of ether oxygens (including phenoxy) is 1. The molecule has 6 nitrogen and oxygen atoms in total. The Morgan fingerprint density at radius 2 is 1.96 bits per heavy atom. The second-order valence-electron chi connectivity index (χ2n) is 6.63. The van der Waals surface area contributed by atoms with Crippen molar-refractivity contribution in [1.29, 1.82) is 0 Å². The topological polar surface area (TPSA) is 75.5 Å². The lowest BCUT2D eigenvalue weighted by atomic mass is 10.1. The number of carboxylic acids is 1. The molecule has 0 amide bonds. The number of benzene rings is 1. The van der Waals surface area contributed by atoms with Crippen molar-refractivity contribution >= 4 is 23.4 Å². The van der Waals surface area contributed by atoms with E-state index in [0.717, 1.165) is 25.9 Å². The zero-order chi connectivity index (χ0) is 18.9. The monoisotopic (exact) mass is 379 g/mol. The third-order valence-electron chi connectivity index (χ3n) is 4.17. The predicted octanol–water partition coefficient (Wildman–Crippen LogP) is 3.78. The minimum absolute atomic E-state index is 0.00734. The van der Waals surface area contributed by atoms with Crippen molar-refractivity contribution in [1.82, 2.24) is 9.97 Å².